The van der Waals surface area contributed by atoms with Crippen LogP contribution in [0.15, 0.2) is 29.2 Å². The number of nitrogens with zero attached hydrogens (tertiary/aromatic N) is 1. The molecule has 2 rings (SSSR count). The molecule has 108 valence electrons. The first-order valence-electron chi connectivity index (χ1n) is 6.49. The third kappa shape index (κ3) is 3.41. The van der Waals surface area contributed by atoms with Gasteiger partial charge in [0.2, 0.25) is 0 Å². The molecule has 0 radical (unpaired) electrons. The molecule has 0 aliphatic carbocycles. The zero-order valence-corrected chi connectivity index (χ0v) is 13.0. The highest BCUT2D eigenvalue weighted by Gasteiger charge is 2.12. The van der Waals surface area contributed by atoms with Crippen molar-refractivity contribution in [2.75, 3.05) is 0 Å². The molecular formula is C15H19FN2OS. The minimum atomic E-state index is -0.409. The highest BCUT2D eigenvalue weighted by Crippen LogP contribution is 2.20. The third-order valence-electron chi connectivity index (χ3n) is 2.93. The van der Waals surface area contributed by atoms with Crippen molar-refractivity contribution in [1.29, 1.82) is 0 Å². The SMILES string of the molecule is Cc1c(CNSC(C)(C)C)cc2ccc(F)cn2c1=O. The quantitative estimate of drug-likeness (QED) is 0.882. The molecule has 2 aromatic heterocycles. The van der Waals surface area contributed by atoms with Crippen LogP contribution in [0.4, 0.5) is 4.39 Å². The van der Waals surface area contributed by atoms with Gasteiger partial charge < -0.3 is 0 Å². The molecule has 0 fully saturated rings. The molecule has 0 aliphatic heterocycles. The fraction of sp³-hybridized carbons (Fsp3) is 0.400. The predicted molar refractivity (Wildman–Crippen MR) is 82.5 cm³/mol. The van der Waals surface area contributed by atoms with Crippen LogP contribution in [0.1, 0.15) is 31.9 Å². The van der Waals surface area contributed by atoms with Crippen LogP contribution in [0.5, 0.6) is 0 Å². The van der Waals surface area contributed by atoms with Crippen LogP contribution in [0, 0.1) is 12.7 Å². The molecule has 0 unspecified atom stereocenters. The second-order valence-corrected chi connectivity index (χ2v) is 7.50. The summed E-state index contributed by atoms with van der Waals surface area (Å²) in [6.45, 7) is 8.75. The molecule has 0 bridgehead atoms. The number of nitrogens with one attached hydrogen (secondary N) is 1. The van der Waals surface area contributed by atoms with Crippen molar-refractivity contribution in [3.05, 3.63) is 51.7 Å². The summed E-state index contributed by atoms with van der Waals surface area (Å²) in [4.78, 5) is 12.2. The van der Waals surface area contributed by atoms with Crippen LogP contribution >= 0.6 is 11.9 Å². The van der Waals surface area contributed by atoms with Gasteiger partial charge >= 0.3 is 0 Å². The number of hydrogen-bond donors (Lipinski definition) is 1. The van der Waals surface area contributed by atoms with Gasteiger partial charge in [-0.05, 0) is 51.5 Å². The number of pyridine rings is 2. The van der Waals surface area contributed by atoms with E-state index in [1.54, 1.807) is 24.9 Å². The Kier molecular flexibility index (Phi) is 4.20. The highest BCUT2D eigenvalue weighted by molar-refractivity contribution is 7.98. The van der Waals surface area contributed by atoms with Crippen molar-refractivity contribution in [2.24, 2.45) is 0 Å². The molecule has 0 amide bonds. The van der Waals surface area contributed by atoms with Crippen molar-refractivity contribution < 1.29 is 4.39 Å². The maximum absolute atomic E-state index is 13.2. The van der Waals surface area contributed by atoms with Gasteiger partial charge in [-0.15, -0.1) is 0 Å². The zero-order chi connectivity index (χ0) is 14.9. The molecule has 5 heteroatoms. The summed E-state index contributed by atoms with van der Waals surface area (Å²) in [6, 6.07) is 4.91. The van der Waals surface area contributed by atoms with Crippen LogP contribution in [0.25, 0.3) is 5.52 Å². The Balaban J connectivity index is 2.33. The van der Waals surface area contributed by atoms with E-state index in [4.69, 9.17) is 0 Å². The zero-order valence-electron chi connectivity index (χ0n) is 12.2. The van der Waals surface area contributed by atoms with E-state index in [0.29, 0.717) is 17.6 Å². The maximum Gasteiger partial charge on any atom is 0.258 e. The normalized spacial score (nSPS) is 12.1. The summed E-state index contributed by atoms with van der Waals surface area (Å²) in [5.41, 5.74) is 2.13. The van der Waals surface area contributed by atoms with Gasteiger partial charge in [-0.2, -0.15) is 0 Å². The third-order valence-corrected chi connectivity index (χ3v) is 3.83. The summed E-state index contributed by atoms with van der Waals surface area (Å²) >= 11 is 1.63. The summed E-state index contributed by atoms with van der Waals surface area (Å²) in [6.07, 6.45) is 1.23. The Morgan fingerprint density at radius 1 is 1.35 bits per heavy atom. The number of hydrogen-bond acceptors (Lipinski definition) is 3. The first-order valence-corrected chi connectivity index (χ1v) is 7.31. The molecule has 2 aromatic rings. The van der Waals surface area contributed by atoms with Crippen LogP contribution in [-0.4, -0.2) is 9.15 Å². The Labute approximate surface area is 122 Å². The van der Waals surface area contributed by atoms with E-state index in [-0.39, 0.29) is 10.3 Å². The van der Waals surface area contributed by atoms with Crippen LogP contribution in [0.3, 0.4) is 0 Å². The second kappa shape index (κ2) is 5.58. The highest BCUT2D eigenvalue weighted by atomic mass is 32.2. The van der Waals surface area contributed by atoms with Gasteiger partial charge in [0.25, 0.3) is 5.56 Å². The first kappa shape index (κ1) is 15.1. The van der Waals surface area contributed by atoms with E-state index < -0.39 is 5.82 Å². The van der Waals surface area contributed by atoms with Crippen molar-refractivity contribution in [1.82, 2.24) is 9.12 Å². The van der Waals surface area contributed by atoms with E-state index in [0.717, 1.165) is 5.56 Å². The molecule has 0 saturated heterocycles. The minimum Gasteiger partial charge on any atom is -0.281 e. The van der Waals surface area contributed by atoms with Gasteiger partial charge in [0.1, 0.15) is 5.82 Å². The molecule has 0 aromatic carbocycles. The Morgan fingerprint density at radius 2 is 2.05 bits per heavy atom. The minimum absolute atomic E-state index is 0.114. The van der Waals surface area contributed by atoms with Gasteiger partial charge in [-0.3, -0.25) is 13.9 Å². The topological polar surface area (TPSA) is 33.5 Å². The summed E-state index contributed by atoms with van der Waals surface area (Å²) < 4.78 is 18.0. The summed E-state index contributed by atoms with van der Waals surface area (Å²) in [5, 5.41) is 0. The average molecular weight is 294 g/mol. The Hall–Kier alpha value is -1.33. The van der Waals surface area contributed by atoms with E-state index in [2.05, 4.69) is 25.5 Å². The number of fused-ring (bicyclic) bond motifs is 1. The van der Waals surface area contributed by atoms with Gasteiger partial charge in [0, 0.05) is 28.6 Å². The average Bonchev–Trinajstić information content (AvgIpc) is 2.35. The van der Waals surface area contributed by atoms with Crippen molar-refractivity contribution in [3.63, 3.8) is 0 Å². The molecule has 0 spiro atoms. The molecule has 20 heavy (non-hydrogen) atoms. The van der Waals surface area contributed by atoms with Crippen molar-refractivity contribution in [2.45, 2.75) is 39.0 Å². The summed E-state index contributed by atoms with van der Waals surface area (Å²) in [7, 11) is 0. The summed E-state index contributed by atoms with van der Waals surface area (Å²) in [5.74, 6) is -0.409. The van der Waals surface area contributed by atoms with Crippen molar-refractivity contribution in [3.8, 4) is 0 Å². The van der Waals surface area contributed by atoms with Crippen LogP contribution in [0.2, 0.25) is 0 Å². The number of aromatic nitrogens is 1. The fourth-order valence-corrected chi connectivity index (χ4v) is 2.56. The van der Waals surface area contributed by atoms with Crippen LogP contribution < -0.4 is 10.3 Å². The molecule has 3 nitrogen and oxygen atoms in total. The molecular weight excluding hydrogens is 275 g/mol. The van der Waals surface area contributed by atoms with E-state index in [9.17, 15) is 9.18 Å². The van der Waals surface area contributed by atoms with Gasteiger partial charge in [0.15, 0.2) is 0 Å². The van der Waals surface area contributed by atoms with Gasteiger partial charge in [-0.1, -0.05) is 11.9 Å². The largest absolute Gasteiger partial charge is 0.281 e. The molecule has 0 atom stereocenters. The Bertz CT molecular complexity index is 689. The van der Waals surface area contributed by atoms with E-state index >= 15 is 0 Å². The molecule has 0 saturated carbocycles. The van der Waals surface area contributed by atoms with E-state index in [1.807, 2.05) is 6.07 Å². The van der Waals surface area contributed by atoms with Gasteiger partial charge in [-0.25, -0.2) is 4.39 Å². The Morgan fingerprint density at radius 3 is 2.70 bits per heavy atom. The second-order valence-electron chi connectivity index (χ2n) is 5.78. The van der Waals surface area contributed by atoms with Crippen molar-refractivity contribution >= 4 is 17.5 Å². The number of rotatable bonds is 3. The number of halogens is 1. The molecule has 2 heterocycles. The fourth-order valence-electron chi connectivity index (χ4n) is 1.90. The monoisotopic (exact) mass is 294 g/mol. The van der Waals surface area contributed by atoms with Gasteiger partial charge in [0.05, 0.1) is 0 Å². The molecule has 0 aliphatic rings. The lowest BCUT2D eigenvalue weighted by Crippen LogP contribution is -2.22. The molecule has 1 N–H and O–H groups in total. The maximum atomic E-state index is 13.2. The van der Waals surface area contributed by atoms with E-state index in [1.165, 1.54) is 16.7 Å². The lowest BCUT2D eigenvalue weighted by Gasteiger charge is -2.18. The predicted octanol–water partition coefficient (Wildman–Crippen LogP) is 3.28. The van der Waals surface area contributed by atoms with Crippen LogP contribution in [-0.2, 0) is 6.54 Å². The lowest BCUT2D eigenvalue weighted by atomic mass is 10.1. The lowest BCUT2D eigenvalue weighted by molar-refractivity contribution is 0.617. The standard InChI is InChI=1S/C15H19FN2OS/c1-10-11(8-17-20-15(2,3)4)7-13-6-5-12(16)9-18(13)14(10)19/h5-7,9,17H,8H2,1-4H3. The first-order chi connectivity index (χ1) is 9.28. The smallest absolute Gasteiger partial charge is 0.258 e.